The smallest absolute Gasteiger partial charge is 0.357 e. The highest BCUT2D eigenvalue weighted by Crippen LogP contribution is 2.29. The molecule has 0 aliphatic carbocycles. The van der Waals surface area contributed by atoms with E-state index in [1.165, 1.54) is 10.9 Å². The average Bonchev–Trinajstić information content (AvgIpc) is 3.13. The molecule has 0 atom stereocenters. The summed E-state index contributed by atoms with van der Waals surface area (Å²) in [6, 6.07) is 4.99. The van der Waals surface area contributed by atoms with E-state index in [-0.39, 0.29) is 30.5 Å². The van der Waals surface area contributed by atoms with Crippen LogP contribution in [0.3, 0.4) is 0 Å². The van der Waals surface area contributed by atoms with Crippen LogP contribution >= 0.6 is 35.3 Å². The van der Waals surface area contributed by atoms with E-state index in [0.29, 0.717) is 24.6 Å². The number of aromatic nitrogens is 1. The third kappa shape index (κ3) is 9.04. The van der Waals surface area contributed by atoms with E-state index in [1.54, 1.807) is 17.4 Å². The van der Waals surface area contributed by atoms with Crippen molar-refractivity contribution in [1.82, 2.24) is 15.6 Å². The molecule has 0 aliphatic heterocycles. The Morgan fingerprint density at radius 3 is 2.69 bits per heavy atom. The summed E-state index contributed by atoms with van der Waals surface area (Å²) >= 11 is 1.70. The lowest BCUT2D eigenvalue weighted by atomic mass is 10.1. The maximum Gasteiger partial charge on any atom is 0.416 e. The predicted octanol–water partition coefficient (Wildman–Crippen LogP) is 4.49. The Bertz CT molecular complexity index is 853. The zero-order chi connectivity index (χ0) is 20.4. The molecule has 4 nitrogen and oxygen atoms in total. The molecule has 1 aromatic heterocycles. The van der Waals surface area contributed by atoms with Gasteiger partial charge < -0.3 is 10.6 Å². The molecule has 0 bridgehead atoms. The summed E-state index contributed by atoms with van der Waals surface area (Å²) < 4.78 is 38.2. The lowest BCUT2D eigenvalue weighted by Gasteiger charge is -2.08. The summed E-state index contributed by atoms with van der Waals surface area (Å²) in [6.45, 7) is 5.62. The molecule has 0 unspecified atom stereocenters. The summed E-state index contributed by atoms with van der Waals surface area (Å²) in [5.74, 6) is 6.19. The van der Waals surface area contributed by atoms with Crippen LogP contribution in [0.2, 0.25) is 0 Å². The van der Waals surface area contributed by atoms with Crippen molar-refractivity contribution >= 4 is 41.3 Å². The van der Waals surface area contributed by atoms with Crippen molar-refractivity contribution in [2.75, 3.05) is 19.6 Å². The summed E-state index contributed by atoms with van der Waals surface area (Å²) in [4.78, 5) is 10.1. The minimum Gasteiger partial charge on any atom is -0.357 e. The maximum absolute atomic E-state index is 12.7. The van der Waals surface area contributed by atoms with Crippen LogP contribution in [0.5, 0.6) is 0 Å². The molecule has 0 saturated heterocycles. The van der Waals surface area contributed by atoms with Crippen molar-refractivity contribution in [3.05, 3.63) is 51.5 Å². The van der Waals surface area contributed by atoms with Gasteiger partial charge in [0.15, 0.2) is 5.96 Å². The van der Waals surface area contributed by atoms with Crippen LogP contribution in [0.1, 0.15) is 34.9 Å². The molecule has 0 fully saturated rings. The monoisotopic (exact) mass is 536 g/mol. The van der Waals surface area contributed by atoms with E-state index >= 15 is 0 Å². The van der Waals surface area contributed by atoms with Crippen LogP contribution in [0.4, 0.5) is 13.2 Å². The van der Waals surface area contributed by atoms with Crippen molar-refractivity contribution in [3.63, 3.8) is 0 Å². The molecule has 9 heteroatoms. The number of aliphatic imine (C=N–C) groups is 1. The fourth-order valence-corrected chi connectivity index (χ4v) is 3.13. The fraction of sp³-hybridized carbons (Fsp3) is 0.400. The van der Waals surface area contributed by atoms with Crippen molar-refractivity contribution < 1.29 is 13.2 Å². The number of hydrogen-bond acceptors (Lipinski definition) is 3. The van der Waals surface area contributed by atoms with Gasteiger partial charge in [-0.3, -0.25) is 4.99 Å². The number of nitrogens with zero attached hydrogens (tertiary/aromatic N) is 2. The van der Waals surface area contributed by atoms with Gasteiger partial charge in [-0.2, -0.15) is 13.2 Å². The van der Waals surface area contributed by atoms with Gasteiger partial charge in [-0.25, -0.2) is 4.98 Å². The van der Waals surface area contributed by atoms with Gasteiger partial charge in [0.1, 0.15) is 0 Å². The molecule has 2 N–H and O–H groups in total. The Morgan fingerprint density at radius 1 is 1.24 bits per heavy atom. The number of halogens is 4. The minimum absolute atomic E-state index is 0. The predicted molar refractivity (Wildman–Crippen MR) is 123 cm³/mol. The maximum atomic E-state index is 12.7. The van der Waals surface area contributed by atoms with Crippen LogP contribution < -0.4 is 10.6 Å². The number of thiazole rings is 1. The summed E-state index contributed by atoms with van der Waals surface area (Å²) in [6.07, 6.45) is -0.723. The van der Waals surface area contributed by atoms with E-state index in [0.717, 1.165) is 30.0 Å². The Kier molecular flexibility index (Phi) is 11.0. The van der Waals surface area contributed by atoms with E-state index in [4.69, 9.17) is 0 Å². The number of benzene rings is 1. The fourth-order valence-electron chi connectivity index (χ4n) is 2.28. The number of hydrogen-bond donors (Lipinski definition) is 2. The Labute approximate surface area is 190 Å². The van der Waals surface area contributed by atoms with Gasteiger partial charge >= 0.3 is 6.18 Å². The van der Waals surface area contributed by atoms with Crippen LogP contribution in [0.25, 0.3) is 0 Å². The normalized spacial score (nSPS) is 11.3. The van der Waals surface area contributed by atoms with E-state index in [1.807, 2.05) is 13.1 Å². The highest BCUT2D eigenvalue weighted by atomic mass is 127. The van der Waals surface area contributed by atoms with Crippen LogP contribution in [0, 0.1) is 11.8 Å². The molecule has 0 saturated carbocycles. The van der Waals surface area contributed by atoms with Gasteiger partial charge in [0.05, 0.1) is 17.1 Å². The summed E-state index contributed by atoms with van der Waals surface area (Å²) in [5.41, 5.74) is -0.371. The molecule has 2 rings (SSSR count). The number of rotatable bonds is 6. The van der Waals surface area contributed by atoms with E-state index in [2.05, 4.69) is 39.4 Å². The van der Waals surface area contributed by atoms with Gasteiger partial charge in [0, 0.05) is 36.1 Å². The molecule has 1 aromatic carbocycles. The van der Waals surface area contributed by atoms with Crippen LogP contribution in [0.15, 0.2) is 35.5 Å². The SMILES string of the molecule is CCNC(=NCCc1ncc(CC)s1)NCC#Cc1cccc(C(F)(F)F)c1.I. The van der Waals surface area contributed by atoms with Gasteiger partial charge in [0.2, 0.25) is 0 Å². The third-order valence-electron chi connectivity index (χ3n) is 3.66. The number of aryl methyl sites for hydroxylation is 1. The summed E-state index contributed by atoms with van der Waals surface area (Å²) in [7, 11) is 0. The Morgan fingerprint density at radius 2 is 2.03 bits per heavy atom. The highest BCUT2D eigenvalue weighted by Gasteiger charge is 2.30. The van der Waals surface area contributed by atoms with Crippen molar-refractivity contribution in [2.45, 2.75) is 32.9 Å². The molecule has 1 heterocycles. The van der Waals surface area contributed by atoms with Crippen LogP contribution in [-0.4, -0.2) is 30.6 Å². The van der Waals surface area contributed by atoms with Gasteiger partial charge in [-0.15, -0.1) is 35.3 Å². The van der Waals surface area contributed by atoms with Gasteiger partial charge in [0.25, 0.3) is 0 Å². The van der Waals surface area contributed by atoms with Gasteiger partial charge in [-0.05, 0) is 31.5 Å². The van der Waals surface area contributed by atoms with Crippen LogP contribution in [-0.2, 0) is 19.0 Å². The topological polar surface area (TPSA) is 49.3 Å². The quantitative estimate of drug-likeness (QED) is 0.248. The van der Waals surface area contributed by atoms with Crippen molar-refractivity contribution in [2.24, 2.45) is 4.99 Å². The second kappa shape index (κ2) is 12.7. The molecule has 29 heavy (non-hydrogen) atoms. The lowest BCUT2D eigenvalue weighted by Crippen LogP contribution is -2.37. The first-order valence-electron chi connectivity index (χ1n) is 9.04. The molecule has 2 aromatic rings. The van der Waals surface area contributed by atoms with Crippen molar-refractivity contribution in [1.29, 1.82) is 0 Å². The molecule has 0 radical (unpaired) electrons. The standard InChI is InChI=1S/C20H23F3N4S.HI/c1-3-17-14-27-18(28-17)10-12-26-19(24-4-2)25-11-6-8-15-7-5-9-16(13-15)20(21,22)23;/h5,7,9,13-14H,3-4,10-12H2,1-2H3,(H2,24,25,26);1H. The Balaban J connectivity index is 0.00000420. The summed E-state index contributed by atoms with van der Waals surface area (Å²) in [5, 5.41) is 7.24. The molecular formula is C20H24F3IN4S. The zero-order valence-corrected chi connectivity index (χ0v) is 19.4. The number of alkyl halides is 3. The second-order valence-electron chi connectivity index (χ2n) is 5.82. The molecule has 0 aliphatic rings. The first kappa shape index (κ1) is 25.2. The molecular weight excluding hydrogens is 512 g/mol. The van der Waals surface area contributed by atoms with Crippen molar-refractivity contribution in [3.8, 4) is 11.8 Å². The average molecular weight is 536 g/mol. The first-order valence-corrected chi connectivity index (χ1v) is 9.86. The molecule has 0 spiro atoms. The minimum atomic E-state index is -4.36. The van der Waals surface area contributed by atoms with Gasteiger partial charge in [-0.1, -0.05) is 24.8 Å². The number of guanidine groups is 1. The second-order valence-corrected chi connectivity index (χ2v) is 7.02. The Hall–Kier alpha value is -1.80. The molecule has 0 amide bonds. The first-order chi connectivity index (χ1) is 13.4. The number of nitrogens with one attached hydrogen (secondary N) is 2. The zero-order valence-electron chi connectivity index (χ0n) is 16.3. The largest absolute Gasteiger partial charge is 0.416 e. The lowest BCUT2D eigenvalue weighted by molar-refractivity contribution is -0.137. The van der Waals surface area contributed by atoms with E-state index in [9.17, 15) is 13.2 Å². The third-order valence-corrected chi connectivity index (χ3v) is 4.86. The highest BCUT2D eigenvalue weighted by molar-refractivity contribution is 14.0. The van der Waals surface area contributed by atoms with E-state index < -0.39 is 11.7 Å². The molecule has 158 valence electrons.